The van der Waals surface area contributed by atoms with Gasteiger partial charge in [-0.05, 0) is 12.0 Å². The van der Waals surface area contributed by atoms with E-state index in [0.29, 0.717) is 6.42 Å². The number of benzene rings is 1. The van der Waals surface area contributed by atoms with Gasteiger partial charge in [-0.25, -0.2) is 9.78 Å². The Balaban J connectivity index is 1.57. The molecular formula is C21H19N5O5. The lowest BCUT2D eigenvalue weighted by Crippen LogP contribution is -2.25. The number of carbonyl (C=O) groups excluding carboxylic acids is 1. The van der Waals surface area contributed by atoms with E-state index in [1.165, 1.54) is 10.9 Å². The van der Waals surface area contributed by atoms with Crippen molar-refractivity contribution in [1.82, 2.24) is 19.5 Å². The maximum atomic E-state index is 12.6. The quantitative estimate of drug-likeness (QED) is 0.556. The summed E-state index contributed by atoms with van der Waals surface area (Å²) in [4.78, 5) is 46.3. The molecule has 1 aliphatic carbocycles. The lowest BCUT2D eigenvalue weighted by Gasteiger charge is -2.25. The van der Waals surface area contributed by atoms with Gasteiger partial charge in [0.25, 0.3) is 5.56 Å². The van der Waals surface area contributed by atoms with Crippen LogP contribution in [0.1, 0.15) is 18.1 Å². The zero-order chi connectivity index (χ0) is 21.8. The molecule has 2 atom stereocenters. The Morgan fingerprint density at radius 3 is 2.81 bits per heavy atom. The van der Waals surface area contributed by atoms with Gasteiger partial charge >= 0.3 is 12.1 Å². The van der Waals surface area contributed by atoms with Crippen molar-refractivity contribution in [3.05, 3.63) is 76.9 Å². The maximum Gasteiger partial charge on any atom is 0.414 e. The monoisotopic (exact) mass is 421 g/mol. The van der Waals surface area contributed by atoms with Crippen molar-refractivity contribution in [1.29, 1.82) is 0 Å². The molecule has 0 bridgehead atoms. The van der Waals surface area contributed by atoms with Crippen LogP contribution in [0.5, 0.6) is 0 Å². The molecule has 0 fully saturated rings. The molecule has 1 amide bonds. The highest BCUT2D eigenvalue weighted by molar-refractivity contribution is 5.84. The van der Waals surface area contributed by atoms with Crippen molar-refractivity contribution in [3.63, 3.8) is 0 Å². The van der Waals surface area contributed by atoms with Crippen LogP contribution in [-0.2, 0) is 16.1 Å². The minimum atomic E-state index is -1.12. The lowest BCUT2D eigenvalue weighted by molar-refractivity contribution is -0.137. The molecule has 2 aromatic heterocycles. The second-order valence-corrected chi connectivity index (χ2v) is 6.93. The average Bonchev–Trinajstić information content (AvgIpc) is 3.16. The van der Waals surface area contributed by atoms with Crippen molar-refractivity contribution in [2.75, 3.05) is 5.32 Å². The highest BCUT2D eigenvalue weighted by atomic mass is 16.6. The molecule has 31 heavy (non-hydrogen) atoms. The van der Waals surface area contributed by atoms with Crippen molar-refractivity contribution in [2.45, 2.75) is 19.1 Å². The number of aromatic amines is 1. The van der Waals surface area contributed by atoms with Gasteiger partial charge in [0.1, 0.15) is 12.6 Å². The number of aliphatic carboxylic acids is 1. The third kappa shape index (κ3) is 4.53. The van der Waals surface area contributed by atoms with Crippen molar-refractivity contribution < 1.29 is 19.4 Å². The molecule has 3 N–H and O–H groups in total. The number of carboxylic acids is 1. The van der Waals surface area contributed by atoms with Gasteiger partial charge in [0.2, 0.25) is 5.95 Å². The van der Waals surface area contributed by atoms with Gasteiger partial charge in [-0.15, -0.1) is 0 Å². The van der Waals surface area contributed by atoms with E-state index < -0.39 is 30.3 Å². The van der Waals surface area contributed by atoms with Crippen LogP contribution in [0.4, 0.5) is 10.7 Å². The Morgan fingerprint density at radius 2 is 2.10 bits per heavy atom. The number of H-pyrrole nitrogens is 1. The van der Waals surface area contributed by atoms with Crippen LogP contribution >= 0.6 is 0 Å². The van der Waals surface area contributed by atoms with E-state index in [2.05, 4.69) is 20.3 Å². The average molecular weight is 421 g/mol. The van der Waals surface area contributed by atoms with Gasteiger partial charge in [0, 0.05) is 5.92 Å². The second-order valence-electron chi connectivity index (χ2n) is 6.93. The van der Waals surface area contributed by atoms with Gasteiger partial charge < -0.3 is 14.4 Å². The number of anilines is 1. The van der Waals surface area contributed by atoms with Crippen LogP contribution in [0.3, 0.4) is 0 Å². The number of allylic oxidation sites excluding steroid dienone is 3. The molecule has 10 nitrogen and oxygen atoms in total. The molecule has 4 rings (SSSR count). The number of nitrogens with zero attached hydrogens (tertiary/aromatic N) is 3. The number of hydrogen-bond acceptors (Lipinski definition) is 6. The van der Waals surface area contributed by atoms with E-state index in [1.54, 1.807) is 0 Å². The molecule has 0 saturated heterocycles. The molecule has 0 radical (unpaired) electrons. The third-order valence-corrected chi connectivity index (χ3v) is 4.77. The first-order valence-electron chi connectivity index (χ1n) is 9.54. The third-order valence-electron chi connectivity index (χ3n) is 4.77. The Labute approximate surface area is 175 Å². The fourth-order valence-corrected chi connectivity index (χ4v) is 3.39. The zero-order valence-electron chi connectivity index (χ0n) is 16.3. The molecule has 10 heteroatoms. The largest absolute Gasteiger partial charge is 0.480 e. The van der Waals surface area contributed by atoms with Crippen LogP contribution in [0.2, 0.25) is 0 Å². The SMILES string of the molecule is O=C(O)Cn1cnc2c(=O)[nH]c(NC(=O)OC(c3ccccc3)C3C=CC=CC3)nc21. The fourth-order valence-electron chi connectivity index (χ4n) is 3.39. The van der Waals surface area contributed by atoms with Crippen LogP contribution < -0.4 is 10.9 Å². The summed E-state index contributed by atoms with van der Waals surface area (Å²) < 4.78 is 6.90. The predicted octanol–water partition coefficient (Wildman–Crippen LogP) is 2.63. The predicted molar refractivity (Wildman–Crippen MR) is 111 cm³/mol. The molecule has 158 valence electrons. The Hall–Kier alpha value is -4.21. The summed E-state index contributed by atoms with van der Waals surface area (Å²) in [6.45, 7) is -0.422. The van der Waals surface area contributed by atoms with Crippen LogP contribution in [0, 0.1) is 5.92 Å². The maximum absolute atomic E-state index is 12.6. The molecule has 1 aliphatic rings. The molecule has 0 saturated carbocycles. The minimum absolute atomic E-state index is 0.0264. The normalized spacial score (nSPS) is 16.2. The first-order valence-corrected chi connectivity index (χ1v) is 9.54. The molecule has 2 heterocycles. The highest BCUT2D eigenvalue weighted by Gasteiger charge is 2.26. The van der Waals surface area contributed by atoms with E-state index >= 15 is 0 Å². The first-order chi connectivity index (χ1) is 15.0. The van der Waals surface area contributed by atoms with Gasteiger partial charge in [-0.2, -0.15) is 4.98 Å². The summed E-state index contributed by atoms with van der Waals surface area (Å²) in [6.07, 6.45) is 8.38. The molecular weight excluding hydrogens is 402 g/mol. The van der Waals surface area contributed by atoms with E-state index in [9.17, 15) is 14.4 Å². The smallest absolute Gasteiger partial charge is 0.414 e. The summed E-state index contributed by atoms with van der Waals surface area (Å²) in [5.41, 5.74) is 0.242. The van der Waals surface area contributed by atoms with Crippen LogP contribution in [-0.4, -0.2) is 36.7 Å². The van der Waals surface area contributed by atoms with Crippen LogP contribution in [0.15, 0.2) is 65.8 Å². The number of ether oxygens (including phenoxy) is 1. The Kier molecular flexibility index (Phi) is 5.61. The number of rotatable bonds is 6. The lowest BCUT2D eigenvalue weighted by atomic mass is 9.90. The van der Waals surface area contributed by atoms with E-state index in [1.807, 2.05) is 54.6 Å². The molecule has 2 unspecified atom stereocenters. The van der Waals surface area contributed by atoms with Crippen molar-refractivity contribution >= 4 is 29.2 Å². The summed E-state index contributed by atoms with van der Waals surface area (Å²) >= 11 is 0. The van der Waals surface area contributed by atoms with Gasteiger partial charge in [0.05, 0.1) is 6.33 Å². The summed E-state index contributed by atoms with van der Waals surface area (Å²) in [5, 5.41) is 11.4. The van der Waals surface area contributed by atoms with Gasteiger partial charge in [0.15, 0.2) is 11.2 Å². The summed E-state index contributed by atoms with van der Waals surface area (Å²) in [5.74, 6) is -1.33. The topological polar surface area (TPSA) is 139 Å². The standard InChI is InChI=1S/C21H19N5O5/c27-15(28)11-26-12-22-16-18(26)23-20(24-19(16)29)25-21(30)31-17(13-7-3-1-4-8-13)14-9-5-2-6-10-14/h1-9,12,14,17H,10-11H2,(H,27,28)(H2,23,24,25,29,30). The Morgan fingerprint density at radius 1 is 1.29 bits per heavy atom. The van der Waals surface area contributed by atoms with Crippen molar-refractivity contribution in [2.24, 2.45) is 5.92 Å². The van der Waals surface area contributed by atoms with Gasteiger partial charge in [-0.3, -0.25) is 19.9 Å². The second kappa shape index (κ2) is 8.66. The number of hydrogen-bond donors (Lipinski definition) is 3. The number of fused-ring (bicyclic) bond motifs is 1. The minimum Gasteiger partial charge on any atom is -0.480 e. The van der Waals surface area contributed by atoms with Gasteiger partial charge in [-0.1, -0.05) is 54.6 Å². The number of carboxylic acid groups (broad SMARTS) is 1. The van der Waals surface area contributed by atoms with E-state index in [0.717, 1.165) is 5.56 Å². The van der Waals surface area contributed by atoms with Crippen LogP contribution in [0.25, 0.3) is 11.2 Å². The number of carbonyl (C=O) groups is 2. The number of imidazole rings is 1. The van der Waals surface area contributed by atoms with Crippen molar-refractivity contribution in [3.8, 4) is 0 Å². The summed E-state index contributed by atoms with van der Waals surface area (Å²) in [6, 6.07) is 9.36. The zero-order valence-corrected chi connectivity index (χ0v) is 16.3. The Bertz CT molecular complexity index is 1230. The number of aromatic nitrogens is 4. The molecule has 0 spiro atoms. The fraction of sp³-hybridized carbons (Fsp3) is 0.190. The number of nitrogens with one attached hydrogen (secondary N) is 2. The molecule has 3 aromatic rings. The van der Waals surface area contributed by atoms with E-state index in [-0.39, 0.29) is 23.0 Å². The highest BCUT2D eigenvalue weighted by Crippen LogP contribution is 2.32. The first kappa shape index (κ1) is 20.1. The molecule has 0 aliphatic heterocycles. The molecule has 1 aromatic carbocycles. The van der Waals surface area contributed by atoms with E-state index in [4.69, 9.17) is 9.84 Å². The number of amides is 1. The summed E-state index contributed by atoms with van der Waals surface area (Å²) in [7, 11) is 0.